The normalized spacial score (nSPS) is 10.6. The molecule has 0 fully saturated rings. The van der Waals surface area contributed by atoms with E-state index in [2.05, 4.69) is 169 Å². The minimum absolute atomic E-state index is 1.00. The molecule has 0 aromatic heterocycles. The second-order valence-electron chi connectivity index (χ2n) is 9.20. The zero-order valence-electron chi connectivity index (χ0n) is 20.9. The van der Waals surface area contributed by atoms with Crippen LogP contribution < -0.4 is 0 Å². The molecule has 6 aromatic carbocycles. The Labute approximate surface area is 223 Å². The van der Waals surface area contributed by atoms with E-state index in [1.807, 2.05) is 0 Å². The van der Waals surface area contributed by atoms with Gasteiger partial charge in [0.15, 0.2) is 0 Å². The lowest BCUT2D eigenvalue weighted by Crippen LogP contribution is -1.80. The van der Waals surface area contributed by atoms with Crippen LogP contribution in [-0.2, 0) is 0 Å². The zero-order chi connectivity index (χ0) is 25.6. The van der Waals surface area contributed by atoms with Crippen molar-refractivity contribution in [3.05, 3.63) is 167 Å². The van der Waals surface area contributed by atoms with Crippen molar-refractivity contribution >= 4 is 33.7 Å². The van der Waals surface area contributed by atoms with E-state index >= 15 is 0 Å². The van der Waals surface area contributed by atoms with Crippen molar-refractivity contribution in [2.75, 3.05) is 0 Å². The van der Waals surface area contributed by atoms with Crippen molar-refractivity contribution in [1.29, 1.82) is 0 Å². The first kappa shape index (κ1) is 23.1. The van der Waals surface area contributed by atoms with Crippen LogP contribution in [0.4, 0.5) is 0 Å². The molecule has 0 amide bonds. The van der Waals surface area contributed by atoms with Gasteiger partial charge in [0.25, 0.3) is 0 Å². The molecule has 0 spiro atoms. The van der Waals surface area contributed by atoms with E-state index in [0.29, 0.717) is 0 Å². The second-order valence-corrected chi connectivity index (χ2v) is 9.20. The Balaban J connectivity index is 1.10. The Bertz CT molecular complexity index is 1750. The molecule has 0 saturated carbocycles. The molecule has 0 aliphatic heterocycles. The molecule has 0 bridgehead atoms. The van der Waals surface area contributed by atoms with Crippen molar-refractivity contribution in [3.63, 3.8) is 0 Å². The Kier molecular flexibility index (Phi) is 6.55. The van der Waals surface area contributed by atoms with Gasteiger partial charge in [-0.05, 0) is 81.2 Å². The minimum atomic E-state index is 1.00. The van der Waals surface area contributed by atoms with Crippen LogP contribution in [0.1, 0.15) is 33.4 Å². The number of hydrogen-bond donors (Lipinski definition) is 0. The quantitative estimate of drug-likeness (QED) is 0.171. The number of rotatable bonds is 2. The summed E-state index contributed by atoms with van der Waals surface area (Å²) in [5, 5.41) is 4.89. The third-order valence-corrected chi connectivity index (χ3v) is 6.49. The summed E-state index contributed by atoms with van der Waals surface area (Å²) < 4.78 is 0. The lowest BCUT2D eigenvalue weighted by Gasteiger charge is -1.98. The molecule has 0 saturated heterocycles. The van der Waals surface area contributed by atoms with E-state index in [1.54, 1.807) is 0 Å². The molecule has 0 heterocycles. The molecule has 0 aliphatic rings. The molecule has 6 aromatic rings. The van der Waals surface area contributed by atoms with E-state index in [0.717, 1.165) is 33.4 Å². The second kappa shape index (κ2) is 10.8. The molecule has 0 N–H and O–H groups in total. The number of fused-ring (bicyclic) bond motifs is 2. The van der Waals surface area contributed by atoms with Gasteiger partial charge in [0.05, 0.1) is 0 Å². The summed E-state index contributed by atoms with van der Waals surface area (Å²) in [6, 6.07) is 46.1. The highest BCUT2D eigenvalue weighted by atomic mass is 14.0. The van der Waals surface area contributed by atoms with Crippen LogP contribution in [0.15, 0.2) is 133 Å². The van der Waals surface area contributed by atoms with Gasteiger partial charge >= 0.3 is 0 Å². The molecule has 0 aliphatic carbocycles. The third-order valence-electron chi connectivity index (χ3n) is 6.49. The van der Waals surface area contributed by atoms with Crippen LogP contribution in [0.5, 0.6) is 0 Å². The third kappa shape index (κ3) is 5.57. The molecular formula is C38H24. The Morgan fingerprint density at radius 3 is 1.08 bits per heavy atom. The topological polar surface area (TPSA) is 0 Å². The Hall–Kier alpha value is -5.30. The highest BCUT2D eigenvalue weighted by Crippen LogP contribution is 2.17. The highest BCUT2D eigenvalue weighted by molar-refractivity contribution is 5.84. The Morgan fingerprint density at radius 2 is 0.658 bits per heavy atom. The van der Waals surface area contributed by atoms with Crippen LogP contribution in [0, 0.1) is 23.7 Å². The molecule has 38 heavy (non-hydrogen) atoms. The fraction of sp³-hybridized carbons (Fsp3) is 0. The highest BCUT2D eigenvalue weighted by Gasteiger charge is 1.96. The zero-order valence-corrected chi connectivity index (χ0v) is 20.9. The minimum Gasteiger partial charge on any atom is -0.0617 e. The molecule has 0 nitrogen and oxygen atoms in total. The summed E-state index contributed by atoms with van der Waals surface area (Å²) in [5.41, 5.74) is 6.34. The average Bonchev–Trinajstić information content (AvgIpc) is 2.99. The molecule has 0 heteroatoms. The van der Waals surface area contributed by atoms with E-state index < -0.39 is 0 Å². The van der Waals surface area contributed by atoms with E-state index in [9.17, 15) is 0 Å². The average molecular weight is 481 g/mol. The lowest BCUT2D eigenvalue weighted by atomic mass is 10.1. The maximum absolute atomic E-state index is 3.29. The standard InChI is InChI=1S/C38H24/c1-3-7-37-27-33(23-25-35(37)5-1)21-19-31-15-11-29(12-16-31)9-10-30-13-17-32(18-14-30)20-22-34-24-26-36-6-2-4-8-38(36)28-34/h1-18,23-28H/b10-9+. The molecule has 0 radical (unpaired) electrons. The van der Waals surface area contributed by atoms with Gasteiger partial charge in [-0.3, -0.25) is 0 Å². The summed E-state index contributed by atoms with van der Waals surface area (Å²) >= 11 is 0. The first-order valence-electron chi connectivity index (χ1n) is 12.7. The summed E-state index contributed by atoms with van der Waals surface area (Å²) in [7, 11) is 0. The van der Waals surface area contributed by atoms with Crippen molar-refractivity contribution in [2.45, 2.75) is 0 Å². The molecule has 176 valence electrons. The first-order chi connectivity index (χ1) is 18.8. The number of benzene rings is 6. The maximum Gasteiger partial charge on any atom is 0.0255 e. The summed E-state index contributed by atoms with van der Waals surface area (Å²) in [5.74, 6) is 13.1. The number of hydrogen-bond acceptors (Lipinski definition) is 0. The van der Waals surface area contributed by atoms with Crippen LogP contribution in [0.3, 0.4) is 0 Å². The first-order valence-corrected chi connectivity index (χ1v) is 12.7. The predicted octanol–water partition coefficient (Wildman–Crippen LogP) is 8.96. The lowest BCUT2D eigenvalue weighted by molar-refractivity contribution is 1.59. The fourth-order valence-electron chi connectivity index (χ4n) is 4.37. The largest absolute Gasteiger partial charge is 0.0617 e. The molecule has 6 rings (SSSR count). The van der Waals surface area contributed by atoms with Gasteiger partial charge in [0.2, 0.25) is 0 Å². The van der Waals surface area contributed by atoms with Crippen LogP contribution >= 0.6 is 0 Å². The van der Waals surface area contributed by atoms with Gasteiger partial charge in [-0.1, -0.05) is 121 Å². The van der Waals surface area contributed by atoms with Crippen molar-refractivity contribution in [1.82, 2.24) is 0 Å². The predicted molar refractivity (Wildman–Crippen MR) is 162 cm³/mol. The van der Waals surface area contributed by atoms with Gasteiger partial charge in [0.1, 0.15) is 0 Å². The van der Waals surface area contributed by atoms with Crippen molar-refractivity contribution < 1.29 is 0 Å². The smallest absolute Gasteiger partial charge is 0.0255 e. The monoisotopic (exact) mass is 480 g/mol. The van der Waals surface area contributed by atoms with E-state index in [1.165, 1.54) is 21.5 Å². The Morgan fingerprint density at radius 1 is 0.316 bits per heavy atom. The maximum atomic E-state index is 3.29. The summed E-state index contributed by atoms with van der Waals surface area (Å²) in [6.07, 6.45) is 4.24. The summed E-state index contributed by atoms with van der Waals surface area (Å²) in [4.78, 5) is 0. The SMILES string of the molecule is C(#Cc1ccc2ccccc2c1)c1ccc(/C=C/c2ccc(C#Cc3ccc4ccccc4c3)cc2)cc1. The van der Waals surface area contributed by atoms with Crippen LogP contribution in [0.25, 0.3) is 33.7 Å². The van der Waals surface area contributed by atoms with Crippen LogP contribution in [0.2, 0.25) is 0 Å². The van der Waals surface area contributed by atoms with Gasteiger partial charge in [-0.15, -0.1) is 0 Å². The van der Waals surface area contributed by atoms with Gasteiger partial charge < -0.3 is 0 Å². The van der Waals surface area contributed by atoms with Crippen molar-refractivity contribution in [3.8, 4) is 23.7 Å². The summed E-state index contributed by atoms with van der Waals surface area (Å²) in [6.45, 7) is 0. The molecular weight excluding hydrogens is 456 g/mol. The van der Waals surface area contributed by atoms with E-state index in [-0.39, 0.29) is 0 Å². The van der Waals surface area contributed by atoms with E-state index in [4.69, 9.17) is 0 Å². The van der Waals surface area contributed by atoms with Gasteiger partial charge in [-0.25, -0.2) is 0 Å². The van der Waals surface area contributed by atoms with Gasteiger partial charge in [0, 0.05) is 22.3 Å². The fourth-order valence-corrected chi connectivity index (χ4v) is 4.37. The van der Waals surface area contributed by atoms with Gasteiger partial charge in [-0.2, -0.15) is 0 Å². The molecule has 0 atom stereocenters. The van der Waals surface area contributed by atoms with Crippen LogP contribution in [-0.4, -0.2) is 0 Å². The molecule has 0 unspecified atom stereocenters. The van der Waals surface area contributed by atoms with Crippen molar-refractivity contribution in [2.24, 2.45) is 0 Å².